The lowest BCUT2D eigenvalue weighted by Gasteiger charge is -2.33. The minimum absolute atomic E-state index is 0.101. The van der Waals surface area contributed by atoms with Crippen molar-refractivity contribution in [3.63, 3.8) is 0 Å². The van der Waals surface area contributed by atoms with Crippen LogP contribution in [0.15, 0.2) is 24.3 Å². The molecule has 1 aromatic carbocycles. The lowest BCUT2D eigenvalue weighted by molar-refractivity contribution is 0.177. The van der Waals surface area contributed by atoms with Gasteiger partial charge in [-0.25, -0.2) is 4.79 Å². The summed E-state index contributed by atoms with van der Waals surface area (Å²) in [7, 11) is 0. The first-order chi connectivity index (χ1) is 9.74. The summed E-state index contributed by atoms with van der Waals surface area (Å²) in [4.78, 5) is 14.2. The lowest BCUT2D eigenvalue weighted by Crippen LogP contribution is -2.50. The van der Waals surface area contributed by atoms with E-state index in [1.165, 1.54) is 0 Å². The molecule has 1 aliphatic heterocycles. The molecule has 1 fully saturated rings. The van der Waals surface area contributed by atoms with Crippen LogP contribution in [0.1, 0.15) is 25.3 Å². The number of urea groups is 1. The molecule has 2 amide bonds. The van der Waals surface area contributed by atoms with Gasteiger partial charge < -0.3 is 15.5 Å². The summed E-state index contributed by atoms with van der Waals surface area (Å²) in [5, 5.41) is 15.1. The second-order valence-electron chi connectivity index (χ2n) is 4.91. The zero-order valence-corrected chi connectivity index (χ0v) is 11.7. The van der Waals surface area contributed by atoms with Crippen molar-refractivity contribution in [2.45, 2.75) is 25.8 Å². The second-order valence-corrected chi connectivity index (χ2v) is 4.91. The van der Waals surface area contributed by atoms with Crippen molar-refractivity contribution >= 4 is 11.7 Å². The summed E-state index contributed by atoms with van der Waals surface area (Å²) >= 11 is 0. The Labute approximate surface area is 119 Å². The molecule has 0 spiro atoms. The summed E-state index contributed by atoms with van der Waals surface area (Å²) in [6.45, 7) is 4.54. The van der Waals surface area contributed by atoms with Gasteiger partial charge in [-0.05, 0) is 44.5 Å². The molecule has 5 heteroatoms. The highest BCUT2D eigenvalue weighted by Gasteiger charge is 2.23. The van der Waals surface area contributed by atoms with Crippen LogP contribution >= 0.6 is 0 Å². The predicted molar refractivity (Wildman–Crippen MR) is 78.4 cm³/mol. The third kappa shape index (κ3) is 3.49. The van der Waals surface area contributed by atoms with Crippen molar-refractivity contribution in [3.8, 4) is 6.07 Å². The van der Waals surface area contributed by atoms with Gasteiger partial charge in [-0.3, -0.25) is 0 Å². The monoisotopic (exact) mass is 272 g/mol. The van der Waals surface area contributed by atoms with Crippen molar-refractivity contribution in [1.29, 1.82) is 5.26 Å². The Morgan fingerprint density at radius 1 is 1.60 bits per heavy atom. The van der Waals surface area contributed by atoms with Crippen LogP contribution in [0.4, 0.5) is 10.5 Å². The maximum Gasteiger partial charge on any atom is 0.322 e. The smallest absolute Gasteiger partial charge is 0.321 e. The van der Waals surface area contributed by atoms with E-state index >= 15 is 0 Å². The molecule has 2 N–H and O–H groups in total. The van der Waals surface area contributed by atoms with Gasteiger partial charge in [0.2, 0.25) is 0 Å². The second kappa shape index (κ2) is 6.92. The van der Waals surface area contributed by atoms with Gasteiger partial charge in [0, 0.05) is 24.8 Å². The van der Waals surface area contributed by atoms with Crippen LogP contribution in [0, 0.1) is 11.3 Å². The van der Waals surface area contributed by atoms with Crippen LogP contribution in [0.2, 0.25) is 0 Å². The number of nitrogens with one attached hydrogen (secondary N) is 2. The van der Waals surface area contributed by atoms with E-state index in [1.54, 1.807) is 24.3 Å². The van der Waals surface area contributed by atoms with E-state index in [2.05, 4.69) is 16.7 Å². The van der Waals surface area contributed by atoms with Crippen molar-refractivity contribution in [2.75, 3.05) is 25.0 Å². The standard InChI is InChI=1S/C15H20N4O/c1-2-19(14-7-4-8-17-11-14)15(20)18-13-6-3-5-12(9-13)10-16/h3,5-6,9,14,17H,2,4,7-8,11H2,1H3,(H,18,20). The first kappa shape index (κ1) is 14.4. The average Bonchev–Trinajstić information content (AvgIpc) is 2.49. The van der Waals surface area contributed by atoms with Gasteiger partial charge in [0.05, 0.1) is 11.6 Å². The Balaban J connectivity index is 2.03. The van der Waals surface area contributed by atoms with Crippen LogP contribution in [0.3, 0.4) is 0 Å². The van der Waals surface area contributed by atoms with Gasteiger partial charge in [0.1, 0.15) is 0 Å². The molecule has 1 aliphatic rings. The van der Waals surface area contributed by atoms with E-state index in [9.17, 15) is 4.79 Å². The molecule has 0 aromatic heterocycles. The molecule has 1 atom stereocenters. The highest BCUT2D eigenvalue weighted by molar-refractivity contribution is 5.89. The van der Waals surface area contributed by atoms with Crippen molar-refractivity contribution < 1.29 is 4.79 Å². The highest BCUT2D eigenvalue weighted by atomic mass is 16.2. The molecule has 0 bridgehead atoms. The summed E-state index contributed by atoms with van der Waals surface area (Å²) in [5.74, 6) is 0. The highest BCUT2D eigenvalue weighted by Crippen LogP contribution is 2.14. The Morgan fingerprint density at radius 3 is 3.10 bits per heavy atom. The molecule has 0 aliphatic carbocycles. The number of likely N-dealkylation sites (N-methyl/N-ethyl adjacent to an activating group) is 1. The fraction of sp³-hybridized carbons (Fsp3) is 0.467. The number of nitrogens with zero attached hydrogens (tertiary/aromatic N) is 2. The number of hydrogen-bond acceptors (Lipinski definition) is 3. The summed E-state index contributed by atoms with van der Waals surface area (Å²) in [6.07, 6.45) is 2.13. The van der Waals surface area contributed by atoms with E-state index in [4.69, 9.17) is 5.26 Å². The minimum atomic E-state index is -0.101. The number of amides is 2. The van der Waals surface area contributed by atoms with E-state index in [1.807, 2.05) is 11.8 Å². The molecule has 2 rings (SSSR count). The molecule has 1 heterocycles. The summed E-state index contributed by atoms with van der Waals surface area (Å²) < 4.78 is 0. The average molecular weight is 272 g/mol. The normalized spacial score (nSPS) is 18.1. The Kier molecular flexibility index (Phi) is 4.97. The van der Waals surface area contributed by atoms with Gasteiger partial charge in [0.25, 0.3) is 0 Å². The summed E-state index contributed by atoms with van der Waals surface area (Å²) in [5.41, 5.74) is 1.21. The van der Waals surface area contributed by atoms with Gasteiger partial charge >= 0.3 is 6.03 Å². The molecule has 1 unspecified atom stereocenters. The Bertz CT molecular complexity index is 503. The number of benzene rings is 1. The van der Waals surface area contributed by atoms with Crippen LogP contribution in [0.25, 0.3) is 0 Å². The molecule has 1 saturated heterocycles. The zero-order chi connectivity index (χ0) is 14.4. The predicted octanol–water partition coefficient (Wildman–Crippen LogP) is 2.16. The number of carbonyl (C=O) groups excluding carboxylic acids is 1. The van der Waals surface area contributed by atoms with Crippen LogP contribution in [0.5, 0.6) is 0 Å². The van der Waals surface area contributed by atoms with Gasteiger partial charge in [-0.2, -0.15) is 5.26 Å². The largest absolute Gasteiger partial charge is 0.322 e. The number of nitriles is 1. The SMILES string of the molecule is CCN(C(=O)Nc1cccc(C#N)c1)C1CCCNC1. The quantitative estimate of drug-likeness (QED) is 0.886. The van der Waals surface area contributed by atoms with Gasteiger partial charge in [-0.15, -0.1) is 0 Å². The maximum absolute atomic E-state index is 12.3. The van der Waals surface area contributed by atoms with Crippen molar-refractivity contribution in [2.24, 2.45) is 0 Å². The third-order valence-electron chi connectivity index (χ3n) is 3.56. The molecular formula is C15H20N4O. The molecular weight excluding hydrogens is 252 g/mol. The van der Waals surface area contributed by atoms with Crippen LogP contribution < -0.4 is 10.6 Å². The fourth-order valence-corrected chi connectivity index (χ4v) is 2.53. The van der Waals surface area contributed by atoms with Crippen molar-refractivity contribution in [1.82, 2.24) is 10.2 Å². The van der Waals surface area contributed by atoms with Crippen LogP contribution in [-0.4, -0.2) is 36.6 Å². The number of carbonyl (C=O) groups is 1. The molecule has 20 heavy (non-hydrogen) atoms. The zero-order valence-electron chi connectivity index (χ0n) is 11.7. The van der Waals surface area contributed by atoms with Gasteiger partial charge in [0.15, 0.2) is 0 Å². The summed E-state index contributed by atoms with van der Waals surface area (Å²) in [6, 6.07) is 9.19. The minimum Gasteiger partial charge on any atom is -0.321 e. The topological polar surface area (TPSA) is 68.2 Å². The molecule has 1 aromatic rings. The van der Waals surface area contributed by atoms with E-state index in [-0.39, 0.29) is 12.1 Å². The van der Waals surface area contributed by atoms with Crippen LogP contribution in [-0.2, 0) is 0 Å². The maximum atomic E-state index is 12.3. The van der Waals surface area contributed by atoms with Crippen molar-refractivity contribution in [3.05, 3.63) is 29.8 Å². The number of anilines is 1. The third-order valence-corrected chi connectivity index (χ3v) is 3.56. The molecule has 0 saturated carbocycles. The van der Waals surface area contributed by atoms with E-state index in [0.717, 1.165) is 25.9 Å². The fourth-order valence-electron chi connectivity index (χ4n) is 2.53. The number of rotatable bonds is 3. The molecule has 5 nitrogen and oxygen atoms in total. The van der Waals surface area contributed by atoms with E-state index in [0.29, 0.717) is 17.8 Å². The number of hydrogen-bond donors (Lipinski definition) is 2. The Hall–Kier alpha value is -2.06. The lowest BCUT2D eigenvalue weighted by atomic mass is 10.1. The van der Waals surface area contributed by atoms with Gasteiger partial charge in [-0.1, -0.05) is 6.07 Å². The molecule has 106 valence electrons. The Morgan fingerprint density at radius 2 is 2.45 bits per heavy atom. The molecule has 0 radical (unpaired) electrons. The first-order valence-electron chi connectivity index (χ1n) is 7.03. The van der Waals surface area contributed by atoms with E-state index < -0.39 is 0 Å². The first-order valence-corrected chi connectivity index (χ1v) is 7.03. The number of piperidine rings is 1.